The van der Waals surface area contributed by atoms with Crippen LogP contribution in [0.1, 0.15) is 40.5 Å². The maximum absolute atomic E-state index is 11.2. The molecule has 2 atom stereocenters. The first-order chi connectivity index (χ1) is 10.6. The van der Waals surface area contributed by atoms with Gasteiger partial charge >= 0.3 is 0 Å². The maximum Gasteiger partial charge on any atom is 0.265 e. The van der Waals surface area contributed by atoms with E-state index in [0.717, 1.165) is 0 Å². The average Bonchev–Trinajstić information content (AvgIpc) is 2.25. The van der Waals surface area contributed by atoms with Crippen molar-refractivity contribution in [3.8, 4) is 0 Å². The minimum absolute atomic E-state index is 0.0603. The third-order valence-electron chi connectivity index (χ3n) is 3.53. The molecule has 0 aromatic carbocycles. The molecule has 0 rings (SSSR count). The zero-order valence-corrected chi connectivity index (χ0v) is 17.0. The first-order valence-electron chi connectivity index (χ1n) is 7.98. The molecule has 2 unspecified atom stereocenters. The lowest BCUT2D eigenvalue weighted by atomic mass is 9.92. The fraction of sp³-hybridized carbons (Fsp3) is 1.00. The van der Waals surface area contributed by atoms with Gasteiger partial charge in [-0.2, -0.15) is 0 Å². The molecule has 0 aliphatic carbocycles. The van der Waals surface area contributed by atoms with Crippen LogP contribution < -0.4 is 11.0 Å². The van der Waals surface area contributed by atoms with E-state index in [-0.39, 0.29) is 23.2 Å². The number of hydrogen-bond acceptors (Lipinski definition) is 4. The average molecular weight is 388 g/mol. The Kier molecular flexibility index (Phi) is 9.88. The molecule has 6 N–H and O–H groups in total. The monoisotopic (exact) mass is 388 g/mol. The number of rotatable bonds is 13. The molecule has 8 nitrogen and oxygen atoms in total. The molecule has 146 valence electrons. The summed E-state index contributed by atoms with van der Waals surface area (Å²) in [6.45, 7) is 9.27. The summed E-state index contributed by atoms with van der Waals surface area (Å²) in [4.78, 5) is 18.4. The predicted molar refractivity (Wildman–Crippen MR) is 96.2 cm³/mol. The second-order valence-corrected chi connectivity index (χ2v) is 11.5. The third-order valence-corrected chi connectivity index (χ3v) is 6.15. The first-order valence-corrected chi connectivity index (χ1v) is 11.8. The molecule has 0 fully saturated rings. The molecule has 0 aromatic heterocycles. The minimum Gasteiger partial charge on any atom is -0.379 e. The van der Waals surface area contributed by atoms with Gasteiger partial charge in [0.15, 0.2) is 0 Å². The molecule has 0 aliphatic rings. The summed E-state index contributed by atoms with van der Waals surface area (Å²) in [5.74, 6) is 0. The fourth-order valence-corrected chi connectivity index (χ4v) is 5.17. The minimum atomic E-state index is -3.52. The Balaban J connectivity index is 3.75. The van der Waals surface area contributed by atoms with Crippen LogP contribution in [0.4, 0.5) is 0 Å². The van der Waals surface area contributed by atoms with Crippen LogP contribution in [-0.4, -0.2) is 48.5 Å². The molecule has 0 bridgehead atoms. The predicted octanol–water partition coefficient (Wildman–Crippen LogP) is 2.14. The van der Waals surface area contributed by atoms with E-state index in [2.05, 4.69) is 0 Å². The smallest absolute Gasteiger partial charge is 0.265 e. The lowest BCUT2D eigenvalue weighted by molar-refractivity contribution is 0.0313. The van der Waals surface area contributed by atoms with Crippen molar-refractivity contribution in [3.63, 3.8) is 0 Å². The van der Waals surface area contributed by atoms with Crippen molar-refractivity contribution < 1.29 is 28.4 Å². The van der Waals surface area contributed by atoms with Crippen molar-refractivity contribution in [2.45, 2.75) is 40.5 Å². The van der Waals surface area contributed by atoms with Gasteiger partial charge in [-0.15, -0.1) is 0 Å². The van der Waals surface area contributed by atoms with Gasteiger partial charge < -0.3 is 19.3 Å². The summed E-state index contributed by atoms with van der Waals surface area (Å²) in [5, 5.41) is 0. The molecule has 0 radical (unpaired) electrons. The van der Waals surface area contributed by atoms with E-state index < -0.39 is 15.0 Å². The normalized spacial score (nSPS) is 18.2. The van der Waals surface area contributed by atoms with Crippen molar-refractivity contribution in [3.05, 3.63) is 0 Å². The van der Waals surface area contributed by atoms with E-state index in [1.807, 2.05) is 27.7 Å². The summed E-state index contributed by atoms with van der Waals surface area (Å²) in [7, 11) is -7.03. The number of nitrogens with two attached hydrogens (primary N) is 2. The van der Waals surface area contributed by atoms with Crippen molar-refractivity contribution in [1.29, 1.82) is 0 Å². The maximum atomic E-state index is 11.2. The van der Waals surface area contributed by atoms with Crippen LogP contribution in [0.3, 0.4) is 0 Å². The molecular weight excluding hydrogens is 354 g/mol. The Morgan fingerprint density at radius 3 is 1.29 bits per heavy atom. The van der Waals surface area contributed by atoms with Gasteiger partial charge in [0.1, 0.15) is 0 Å². The summed E-state index contributed by atoms with van der Waals surface area (Å²) in [5.41, 5.74) is 9.67. The van der Waals surface area contributed by atoms with Crippen LogP contribution >= 0.6 is 15.0 Å². The van der Waals surface area contributed by atoms with Gasteiger partial charge in [-0.05, 0) is 23.7 Å². The molecule has 0 aromatic rings. The summed E-state index contributed by atoms with van der Waals surface area (Å²) in [6.07, 6.45) is 1.38. The molecule has 10 heteroatoms. The Morgan fingerprint density at radius 2 is 1.04 bits per heavy atom. The van der Waals surface area contributed by atoms with Crippen LogP contribution in [0.25, 0.3) is 0 Å². The summed E-state index contributed by atoms with van der Waals surface area (Å²) >= 11 is 0. The van der Waals surface area contributed by atoms with Crippen LogP contribution in [0.5, 0.6) is 0 Å². The second kappa shape index (κ2) is 9.79. The van der Waals surface area contributed by atoms with E-state index in [9.17, 15) is 18.9 Å². The molecule has 0 aliphatic heterocycles. The molecule has 0 saturated heterocycles. The van der Waals surface area contributed by atoms with E-state index in [1.165, 1.54) is 0 Å². The van der Waals surface area contributed by atoms with Crippen molar-refractivity contribution >= 4 is 15.0 Å². The topological polar surface area (TPSA) is 145 Å². The van der Waals surface area contributed by atoms with E-state index in [4.69, 9.17) is 20.5 Å². The summed E-state index contributed by atoms with van der Waals surface area (Å²) in [6, 6.07) is 0. The second-order valence-electron chi connectivity index (χ2n) is 7.88. The Hall–Kier alpha value is 0.220. The molecule has 0 amide bonds. The highest BCUT2D eigenvalue weighted by Gasteiger charge is 2.27. The lowest BCUT2D eigenvalue weighted by Crippen LogP contribution is -2.23. The quantitative estimate of drug-likeness (QED) is 0.277. The highest BCUT2D eigenvalue weighted by Crippen LogP contribution is 2.40. The molecule has 0 saturated carbocycles. The molecular formula is C14H34N2O6P2. The third kappa shape index (κ3) is 15.7. The van der Waals surface area contributed by atoms with Crippen LogP contribution in [0.15, 0.2) is 0 Å². The van der Waals surface area contributed by atoms with Gasteiger partial charge in [0, 0.05) is 25.5 Å². The van der Waals surface area contributed by atoms with Crippen LogP contribution in [-0.2, 0) is 18.6 Å². The first kappa shape index (κ1) is 24.2. The van der Waals surface area contributed by atoms with Crippen LogP contribution in [0.2, 0.25) is 0 Å². The van der Waals surface area contributed by atoms with Gasteiger partial charge in [-0.1, -0.05) is 27.7 Å². The van der Waals surface area contributed by atoms with Crippen molar-refractivity contribution in [1.82, 2.24) is 0 Å². The van der Waals surface area contributed by atoms with Gasteiger partial charge in [0.2, 0.25) is 0 Å². The molecule has 0 heterocycles. The van der Waals surface area contributed by atoms with Gasteiger partial charge in [-0.25, -0.2) is 0 Å². The van der Waals surface area contributed by atoms with E-state index in [1.54, 1.807) is 0 Å². The van der Waals surface area contributed by atoms with Crippen molar-refractivity contribution in [2.75, 3.05) is 38.8 Å². The SMILES string of the molecule is CC(C)(CCOCCOCCC(C)(C)CP(N)(=O)O)CP(N)(=O)O. The van der Waals surface area contributed by atoms with Gasteiger partial charge in [0.25, 0.3) is 15.0 Å². The van der Waals surface area contributed by atoms with E-state index in [0.29, 0.717) is 39.3 Å². The Bertz CT molecular complexity index is 416. The Morgan fingerprint density at radius 1 is 0.750 bits per heavy atom. The fourth-order valence-electron chi connectivity index (χ4n) is 2.40. The van der Waals surface area contributed by atoms with Crippen molar-refractivity contribution in [2.24, 2.45) is 21.8 Å². The molecule has 0 spiro atoms. The molecule has 24 heavy (non-hydrogen) atoms. The highest BCUT2D eigenvalue weighted by molar-refractivity contribution is 7.55. The van der Waals surface area contributed by atoms with Gasteiger partial charge in [0.05, 0.1) is 13.2 Å². The lowest BCUT2D eigenvalue weighted by Gasteiger charge is -2.26. The standard InChI is InChI=1S/C14H34N2O6P2/c1-13(2,11-23(15,17)18)5-7-21-9-10-22-8-6-14(3,4)12-24(16,19)20/h5-12H2,1-4H3,(H3,15,17,18)(H3,16,19,20). The zero-order chi connectivity index (χ0) is 19.1. The summed E-state index contributed by atoms with van der Waals surface area (Å²) < 4.78 is 33.4. The zero-order valence-electron chi connectivity index (χ0n) is 15.2. The number of hydrogen-bond donors (Lipinski definition) is 4. The van der Waals surface area contributed by atoms with Crippen LogP contribution in [0, 0.1) is 10.8 Å². The Labute approximate surface area is 145 Å². The van der Waals surface area contributed by atoms with Gasteiger partial charge in [-0.3, -0.25) is 20.1 Å². The largest absolute Gasteiger partial charge is 0.379 e. The highest BCUT2D eigenvalue weighted by atomic mass is 31.2. The van der Waals surface area contributed by atoms with E-state index >= 15 is 0 Å². The number of ether oxygens (including phenoxy) is 2.